The van der Waals surface area contributed by atoms with E-state index in [0.717, 1.165) is 19.7 Å². The van der Waals surface area contributed by atoms with Gasteiger partial charge in [0.1, 0.15) is 12.4 Å². The van der Waals surface area contributed by atoms with Gasteiger partial charge in [-0.15, -0.1) is 0 Å². The van der Waals surface area contributed by atoms with Gasteiger partial charge in [0.15, 0.2) is 0 Å². The Labute approximate surface area is 91.8 Å². The second-order valence-corrected chi connectivity index (χ2v) is 4.44. The molecule has 0 spiro atoms. The van der Waals surface area contributed by atoms with Crippen LogP contribution in [0.25, 0.3) is 10.8 Å². The summed E-state index contributed by atoms with van der Waals surface area (Å²) in [4.78, 5) is 0. The van der Waals surface area contributed by atoms with Gasteiger partial charge in [-0.2, -0.15) is 0 Å². The summed E-state index contributed by atoms with van der Waals surface area (Å²) in [6.07, 6.45) is 1.64. The number of halogens is 2. The Morgan fingerprint density at radius 1 is 1.31 bits per heavy atom. The van der Waals surface area contributed by atoms with Crippen molar-refractivity contribution in [1.29, 1.82) is 0 Å². The van der Waals surface area contributed by atoms with Gasteiger partial charge in [0.25, 0.3) is 0 Å². The van der Waals surface area contributed by atoms with Gasteiger partial charge in [0.2, 0.25) is 0 Å². The number of hydrogen-bond acceptors (Lipinski definition) is 2. The predicted molar refractivity (Wildman–Crippen MR) is 57.5 cm³/mol. The highest BCUT2D eigenvalue weighted by molar-refractivity contribution is 9.11. The maximum absolute atomic E-state index is 8.99. The van der Waals surface area contributed by atoms with E-state index in [9.17, 15) is 0 Å². The van der Waals surface area contributed by atoms with Crippen LogP contribution >= 0.6 is 31.9 Å². The van der Waals surface area contributed by atoms with Crippen LogP contribution in [0.1, 0.15) is 5.76 Å². The van der Waals surface area contributed by atoms with Crippen LogP contribution in [0.5, 0.6) is 0 Å². The summed E-state index contributed by atoms with van der Waals surface area (Å²) in [5.74, 6) is 0.592. The molecule has 1 N–H and O–H groups in total. The lowest BCUT2D eigenvalue weighted by Crippen LogP contribution is -1.79. The number of benzene rings is 1. The summed E-state index contributed by atoms with van der Waals surface area (Å²) in [6.45, 7) is -0.0796. The largest absolute Gasteiger partial charge is 0.466 e. The molecule has 68 valence electrons. The Balaban J connectivity index is 2.82. The van der Waals surface area contributed by atoms with Crippen LogP contribution in [0, 0.1) is 0 Å². The van der Waals surface area contributed by atoms with Gasteiger partial charge >= 0.3 is 0 Å². The third kappa shape index (κ3) is 1.54. The molecule has 4 heteroatoms. The van der Waals surface area contributed by atoms with Gasteiger partial charge in [0.05, 0.1) is 6.26 Å². The topological polar surface area (TPSA) is 33.4 Å². The minimum atomic E-state index is -0.0796. The Morgan fingerprint density at radius 2 is 2.08 bits per heavy atom. The molecule has 1 aromatic carbocycles. The average Bonchev–Trinajstić information content (AvgIpc) is 2.47. The van der Waals surface area contributed by atoms with Gasteiger partial charge in [-0.25, -0.2) is 0 Å². The molecule has 0 bridgehead atoms. The first-order chi connectivity index (χ1) is 6.22. The predicted octanol–water partition coefficient (Wildman–Crippen LogP) is 3.45. The van der Waals surface area contributed by atoms with Gasteiger partial charge < -0.3 is 9.52 Å². The second-order valence-electron chi connectivity index (χ2n) is 2.67. The normalized spacial score (nSPS) is 11.0. The molecular weight excluding hydrogens is 300 g/mol. The first-order valence-electron chi connectivity index (χ1n) is 3.68. The molecule has 0 saturated carbocycles. The summed E-state index contributed by atoms with van der Waals surface area (Å²) in [5.41, 5.74) is 0. The molecule has 0 atom stereocenters. The molecule has 0 aliphatic carbocycles. The third-order valence-corrected chi connectivity index (χ3v) is 2.92. The zero-order chi connectivity index (χ0) is 9.42. The molecule has 0 aliphatic rings. The van der Waals surface area contributed by atoms with E-state index in [1.807, 2.05) is 12.1 Å². The SMILES string of the molecule is OCc1occ2cc(Br)cc(Br)c12. The summed E-state index contributed by atoms with van der Waals surface area (Å²) in [6, 6.07) is 3.87. The number of aliphatic hydroxyl groups excluding tert-OH is 1. The van der Waals surface area contributed by atoms with Crippen LogP contribution in [0.15, 0.2) is 31.8 Å². The van der Waals surface area contributed by atoms with Gasteiger partial charge in [-0.05, 0) is 28.1 Å². The van der Waals surface area contributed by atoms with Crippen molar-refractivity contribution in [1.82, 2.24) is 0 Å². The van der Waals surface area contributed by atoms with Crippen LogP contribution in [0.2, 0.25) is 0 Å². The van der Waals surface area contributed by atoms with Crippen molar-refractivity contribution in [2.24, 2.45) is 0 Å². The molecule has 1 heterocycles. The van der Waals surface area contributed by atoms with Gasteiger partial charge in [0, 0.05) is 19.7 Å². The van der Waals surface area contributed by atoms with E-state index in [0.29, 0.717) is 5.76 Å². The van der Waals surface area contributed by atoms with Crippen LogP contribution < -0.4 is 0 Å². The summed E-state index contributed by atoms with van der Waals surface area (Å²) >= 11 is 6.80. The highest BCUT2D eigenvalue weighted by atomic mass is 79.9. The van der Waals surface area contributed by atoms with Crippen molar-refractivity contribution in [3.63, 3.8) is 0 Å². The smallest absolute Gasteiger partial charge is 0.138 e. The number of fused-ring (bicyclic) bond motifs is 1. The fraction of sp³-hybridized carbons (Fsp3) is 0.111. The maximum Gasteiger partial charge on any atom is 0.138 e. The van der Waals surface area contributed by atoms with E-state index in [2.05, 4.69) is 31.9 Å². The molecule has 0 aliphatic heterocycles. The molecule has 1 aromatic heterocycles. The van der Waals surface area contributed by atoms with Crippen LogP contribution in [-0.4, -0.2) is 5.11 Å². The van der Waals surface area contributed by atoms with Crippen molar-refractivity contribution >= 4 is 42.6 Å². The molecule has 2 rings (SSSR count). The van der Waals surface area contributed by atoms with Crippen molar-refractivity contribution in [3.05, 3.63) is 33.1 Å². The van der Waals surface area contributed by atoms with Crippen molar-refractivity contribution in [2.75, 3.05) is 0 Å². The molecule has 2 nitrogen and oxygen atoms in total. The minimum absolute atomic E-state index is 0.0796. The molecule has 2 aromatic rings. The molecular formula is C9H6Br2O2. The molecule has 0 unspecified atom stereocenters. The molecule has 0 saturated heterocycles. The van der Waals surface area contributed by atoms with Crippen LogP contribution in [0.4, 0.5) is 0 Å². The Kier molecular flexibility index (Phi) is 2.45. The van der Waals surface area contributed by atoms with Crippen molar-refractivity contribution in [3.8, 4) is 0 Å². The fourth-order valence-electron chi connectivity index (χ4n) is 1.29. The third-order valence-electron chi connectivity index (χ3n) is 1.84. The molecule has 0 amide bonds. The first kappa shape index (κ1) is 9.24. The van der Waals surface area contributed by atoms with E-state index < -0.39 is 0 Å². The highest BCUT2D eigenvalue weighted by Crippen LogP contribution is 2.32. The maximum atomic E-state index is 8.99. The minimum Gasteiger partial charge on any atom is -0.466 e. The van der Waals surface area contributed by atoms with Crippen LogP contribution in [0.3, 0.4) is 0 Å². The number of furan rings is 1. The van der Waals surface area contributed by atoms with Crippen LogP contribution in [-0.2, 0) is 6.61 Å². The number of rotatable bonds is 1. The lowest BCUT2D eigenvalue weighted by Gasteiger charge is -1.97. The monoisotopic (exact) mass is 304 g/mol. The number of aliphatic hydroxyl groups is 1. The number of hydrogen-bond donors (Lipinski definition) is 1. The van der Waals surface area contributed by atoms with E-state index in [4.69, 9.17) is 9.52 Å². The van der Waals surface area contributed by atoms with Crippen molar-refractivity contribution in [2.45, 2.75) is 6.61 Å². The summed E-state index contributed by atoms with van der Waals surface area (Å²) in [5, 5.41) is 10.9. The zero-order valence-corrected chi connectivity index (χ0v) is 9.72. The Morgan fingerprint density at radius 3 is 2.77 bits per heavy atom. The van der Waals surface area contributed by atoms with E-state index in [-0.39, 0.29) is 6.61 Å². The lowest BCUT2D eigenvalue weighted by atomic mass is 10.2. The Bertz CT molecular complexity index is 448. The molecule has 0 fully saturated rings. The van der Waals surface area contributed by atoms with Gasteiger partial charge in [-0.3, -0.25) is 0 Å². The summed E-state index contributed by atoms with van der Waals surface area (Å²) < 4.78 is 7.11. The van der Waals surface area contributed by atoms with E-state index in [1.165, 1.54) is 0 Å². The second kappa shape index (κ2) is 3.44. The zero-order valence-electron chi connectivity index (χ0n) is 6.55. The first-order valence-corrected chi connectivity index (χ1v) is 5.27. The van der Waals surface area contributed by atoms with Crippen molar-refractivity contribution < 1.29 is 9.52 Å². The van der Waals surface area contributed by atoms with E-state index >= 15 is 0 Å². The Hall–Kier alpha value is -0.320. The standard InChI is InChI=1S/C9H6Br2O2/c10-6-1-5-4-13-8(3-12)9(5)7(11)2-6/h1-2,4,12H,3H2. The fourth-order valence-corrected chi connectivity index (χ4v) is 2.77. The van der Waals surface area contributed by atoms with Gasteiger partial charge in [-0.1, -0.05) is 15.9 Å². The van der Waals surface area contributed by atoms with E-state index in [1.54, 1.807) is 6.26 Å². The average molecular weight is 306 g/mol. The quantitative estimate of drug-likeness (QED) is 0.875. The lowest BCUT2D eigenvalue weighted by molar-refractivity contribution is 0.249. The highest BCUT2D eigenvalue weighted by Gasteiger charge is 2.09. The summed E-state index contributed by atoms with van der Waals surface area (Å²) in [7, 11) is 0. The molecule has 13 heavy (non-hydrogen) atoms. The molecule has 0 radical (unpaired) electrons.